The van der Waals surface area contributed by atoms with E-state index in [-0.39, 0.29) is 26.0 Å². The van der Waals surface area contributed by atoms with Gasteiger partial charge in [0.15, 0.2) is 0 Å². The van der Waals surface area contributed by atoms with E-state index in [2.05, 4.69) is 0 Å². The first-order valence-electron chi connectivity index (χ1n) is 6.54. The molecule has 0 amide bonds. The Hall–Kier alpha value is -0.950. The molecule has 0 aliphatic carbocycles. The van der Waals surface area contributed by atoms with Crippen molar-refractivity contribution in [1.29, 1.82) is 0 Å². The maximum atomic E-state index is 11.5. The molecule has 0 saturated carbocycles. The topological polar surface area (TPSA) is 85.2 Å². The number of ether oxygens (including phenoxy) is 3. The summed E-state index contributed by atoms with van der Waals surface area (Å²) in [4.78, 5) is 11.5. The van der Waals surface area contributed by atoms with Gasteiger partial charge in [-0.25, -0.2) is 0 Å². The first-order chi connectivity index (χ1) is 9.32. The van der Waals surface area contributed by atoms with Crippen molar-refractivity contribution in [2.24, 2.45) is 5.41 Å². The van der Waals surface area contributed by atoms with Crippen LogP contribution in [0.15, 0.2) is 12.2 Å². The summed E-state index contributed by atoms with van der Waals surface area (Å²) in [5, 5.41) is 18.5. The van der Waals surface area contributed by atoms with Crippen molar-refractivity contribution in [2.75, 3.05) is 27.1 Å². The van der Waals surface area contributed by atoms with E-state index in [0.717, 1.165) is 0 Å². The Balaban J connectivity index is 4.08. The highest BCUT2D eigenvalue weighted by Gasteiger charge is 2.22. The van der Waals surface area contributed by atoms with Gasteiger partial charge in [0.05, 0.1) is 18.1 Å². The molecule has 0 spiro atoms. The molecule has 118 valence electrons. The molecule has 6 nitrogen and oxygen atoms in total. The number of aliphatic hydroxyl groups excluding tert-OH is 2. The van der Waals surface area contributed by atoms with Crippen LogP contribution in [0.25, 0.3) is 0 Å². The molecule has 0 unspecified atom stereocenters. The molecule has 0 aromatic rings. The second-order valence-corrected chi connectivity index (χ2v) is 5.42. The summed E-state index contributed by atoms with van der Waals surface area (Å²) in [6, 6.07) is 0. The van der Waals surface area contributed by atoms with E-state index in [1.165, 1.54) is 7.11 Å². The number of hydrogen-bond acceptors (Lipinski definition) is 6. The molecule has 0 aliphatic rings. The van der Waals surface area contributed by atoms with Crippen molar-refractivity contribution in [1.82, 2.24) is 0 Å². The van der Waals surface area contributed by atoms with Crippen LogP contribution in [0, 0.1) is 5.41 Å². The zero-order valence-electron chi connectivity index (χ0n) is 12.7. The van der Waals surface area contributed by atoms with Crippen LogP contribution in [0.5, 0.6) is 0 Å². The van der Waals surface area contributed by atoms with Crippen molar-refractivity contribution in [3.05, 3.63) is 12.2 Å². The second kappa shape index (κ2) is 9.88. The van der Waals surface area contributed by atoms with Crippen LogP contribution in [0.4, 0.5) is 0 Å². The Morgan fingerprint density at radius 2 is 1.95 bits per heavy atom. The summed E-state index contributed by atoms with van der Waals surface area (Å²) < 4.78 is 15.0. The van der Waals surface area contributed by atoms with Crippen molar-refractivity contribution in [3.63, 3.8) is 0 Å². The maximum Gasteiger partial charge on any atom is 0.311 e. The van der Waals surface area contributed by atoms with E-state index in [1.54, 1.807) is 32.9 Å². The van der Waals surface area contributed by atoms with Crippen LogP contribution in [-0.4, -0.2) is 55.5 Å². The number of esters is 1. The quantitative estimate of drug-likeness (QED) is 0.372. The van der Waals surface area contributed by atoms with Gasteiger partial charge in [0, 0.05) is 7.11 Å². The van der Waals surface area contributed by atoms with Crippen molar-refractivity contribution in [2.45, 2.75) is 39.4 Å². The van der Waals surface area contributed by atoms with E-state index in [4.69, 9.17) is 19.3 Å². The number of carbonyl (C=O) groups is 1. The van der Waals surface area contributed by atoms with Crippen LogP contribution < -0.4 is 0 Å². The van der Waals surface area contributed by atoms with E-state index in [0.29, 0.717) is 6.42 Å². The lowest BCUT2D eigenvalue weighted by Crippen LogP contribution is -2.32. The third kappa shape index (κ3) is 8.27. The Bertz CT molecular complexity index is 295. The van der Waals surface area contributed by atoms with Gasteiger partial charge >= 0.3 is 5.97 Å². The molecule has 6 heteroatoms. The van der Waals surface area contributed by atoms with Crippen LogP contribution in [0.2, 0.25) is 0 Å². The SMILES string of the molecule is COCO[C@@H](C/C=C/COC(=O)C(C)(C)C)[C@H](O)CO. The molecule has 0 aromatic carbocycles. The molecule has 0 saturated heterocycles. The minimum atomic E-state index is -0.980. The van der Waals surface area contributed by atoms with E-state index in [9.17, 15) is 9.90 Å². The molecule has 2 atom stereocenters. The fourth-order valence-electron chi connectivity index (χ4n) is 1.25. The zero-order valence-corrected chi connectivity index (χ0v) is 12.7. The van der Waals surface area contributed by atoms with Gasteiger partial charge in [-0.1, -0.05) is 12.2 Å². The molecular formula is C14H26O6. The summed E-state index contributed by atoms with van der Waals surface area (Å²) in [5.74, 6) is -0.273. The lowest BCUT2D eigenvalue weighted by Gasteiger charge is -2.20. The first-order valence-corrected chi connectivity index (χ1v) is 6.54. The third-order valence-electron chi connectivity index (χ3n) is 2.47. The third-order valence-corrected chi connectivity index (χ3v) is 2.47. The molecule has 0 rings (SSSR count). The average Bonchev–Trinajstić information content (AvgIpc) is 2.39. The first kappa shape index (κ1) is 19.1. The molecule has 0 aliphatic heterocycles. The highest BCUT2D eigenvalue weighted by atomic mass is 16.7. The summed E-state index contributed by atoms with van der Waals surface area (Å²) >= 11 is 0. The monoisotopic (exact) mass is 290 g/mol. The number of rotatable bonds is 9. The molecule has 0 fully saturated rings. The van der Waals surface area contributed by atoms with Gasteiger partial charge in [0.2, 0.25) is 0 Å². The van der Waals surface area contributed by atoms with Crippen LogP contribution in [0.1, 0.15) is 27.2 Å². The number of methoxy groups -OCH3 is 1. The fourth-order valence-corrected chi connectivity index (χ4v) is 1.25. The Morgan fingerprint density at radius 1 is 1.30 bits per heavy atom. The molecular weight excluding hydrogens is 264 g/mol. The largest absolute Gasteiger partial charge is 0.461 e. The summed E-state index contributed by atoms with van der Waals surface area (Å²) in [6.07, 6.45) is 2.26. The standard InChI is InChI=1S/C14H26O6/c1-14(2,3)13(17)19-8-6-5-7-12(11(16)9-15)20-10-18-4/h5-6,11-12,15-16H,7-10H2,1-4H3/b6-5+/t11-,12+/m1/s1. The van der Waals surface area contributed by atoms with Crippen LogP contribution in [-0.2, 0) is 19.0 Å². The summed E-state index contributed by atoms with van der Waals surface area (Å²) in [7, 11) is 1.48. The average molecular weight is 290 g/mol. The highest BCUT2D eigenvalue weighted by Crippen LogP contribution is 2.15. The Labute approximate surface area is 120 Å². The lowest BCUT2D eigenvalue weighted by molar-refractivity contribution is -0.151. The van der Waals surface area contributed by atoms with Gasteiger partial charge < -0.3 is 24.4 Å². The Kier molecular flexibility index (Phi) is 9.41. The predicted octanol–water partition coefficient (Wildman–Crippen LogP) is 0.864. The van der Waals surface area contributed by atoms with E-state index in [1.807, 2.05) is 0 Å². The molecule has 0 radical (unpaired) electrons. The van der Waals surface area contributed by atoms with Crippen LogP contribution >= 0.6 is 0 Å². The number of aliphatic hydroxyl groups is 2. The van der Waals surface area contributed by atoms with Gasteiger partial charge in [0.1, 0.15) is 19.5 Å². The molecule has 20 heavy (non-hydrogen) atoms. The van der Waals surface area contributed by atoms with Gasteiger partial charge in [-0.3, -0.25) is 4.79 Å². The number of hydrogen-bond donors (Lipinski definition) is 2. The molecule has 0 aromatic heterocycles. The van der Waals surface area contributed by atoms with Crippen LogP contribution in [0.3, 0.4) is 0 Å². The summed E-state index contributed by atoms with van der Waals surface area (Å²) in [5.41, 5.74) is -0.523. The highest BCUT2D eigenvalue weighted by molar-refractivity contribution is 5.75. The molecule has 0 bridgehead atoms. The van der Waals surface area contributed by atoms with Gasteiger partial charge in [-0.05, 0) is 27.2 Å². The minimum absolute atomic E-state index is 0.0363. The maximum absolute atomic E-state index is 11.5. The molecule has 2 N–H and O–H groups in total. The zero-order chi connectivity index (χ0) is 15.6. The van der Waals surface area contributed by atoms with Gasteiger partial charge in [-0.2, -0.15) is 0 Å². The normalized spacial score (nSPS) is 15.3. The summed E-state index contributed by atoms with van der Waals surface area (Å²) in [6.45, 7) is 5.17. The van der Waals surface area contributed by atoms with Crippen molar-refractivity contribution < 1.29 is 29.2 Å². The van der Waals surface area contributed by atoms with Crippen molar-refractivity contribution in [3.8, 4) is 0 Å². The smallest absolute Gasteiger partial charge is 0.311 e. The number of carbonyl (C=O) groups excluding carboxylic acids is 1. The minimum Gasteiger partial charge on any atom is -0.461 e. The van der Waals surface area contributed by atoms with Gasteiger partial charge in [0.25, 0.3) is 0 Å². The predicted molar refractivity (Wildman–Crippen MR) is 74.0 cm³/mol. The molecule has 0 heterocycles. The van der Waals surface area contributed by atoms with Gasteiger partial charge in [-0.15, -0.1) is 0 Å². The van der Waals surface area contributed by atoms with E-state index < -0.39 is 17.6 Å². The lowest BCUT2D eigenvalue weighted by atomic mass is 9.97. The van der Waals surface area contributed by atoms with Crippen molar-refractivity contribution >= 4 is 5.97 Å². The van der Waals surface area contributed by atoms with E-state index >= 15 is 0 Å². The Morgan fingerprint density at radius 3 is 2.45 bits per heavy atom. The second-order valence-electron chi connectivity index (χ2n) is 5.42. The fraction of sp³-hybridized carbons (Fsp3) is 0.786.